The second kappa shape index (κ2) is 8.89. The average molecular weight is 372 g/mol. The van der Waals surface area contributed by atoms with E-state index in [1.165, 1.54) is 16.9 Å². The summed E-state index contributed by atoms with van der Waals surface area (Å²) in [7, 11) is 0. The number of hydrogen-bond donors (Lipinski definition) is 1. The van der Waals surface area contributed by atoms with Crippen LogP contribution >= 0.6 is 11.5 Å². The number of benzene rings is 1. The maximum absolute atomic E-state index is 12.8. The zero-order chi connectivity index (χ0) is 18.4. The zero-order valence-electron chi connectivity index (χ0n) is 15.0. The van der Waals surface area contributed by atoms with Crippen LogP contribution in [0.15, 0.2) is 29.6 Å². The Balaban J connectivity index is 1.75. The highest BCUT2D eigenvalue weighted by Crippen LogP contribution is 2.20. The Morgan fingerprint density at radius 3 is 2.54 bits per heavy atom. The minimum atomic E-state index is -0.304. The Morgan fingerprint density at radius 2 is 1.92 bits per heavy atom. The number of rotatable bonds is 6. The molecule has 2 amide bonds. The second-order valence-corrected chi connectivity index (χ2v) is 7.21. The van der Waals surface area contributed by atoms with E-state index in [4.69, 9.17) is 0 Å². The molecule has 0 spiro atoms. The van der Waals surface area contributed by atoms with Crippen molar-refractivity contribution in [1.29, 1.82) is 0 Å². The van der Waals surface area contributed by atoms with Gasteiger partial charge in [0.15, 0.2) is 5.69 Å². The zero-order valence-corrected chi connectivity index (χ0v) is 15.8. The van der Waals surface area contributed by atoms with Crippen LogP contribution in [0.3, 0.4) is 0 Å². The fraction of sp³-hybridized carbons (Fsp3) is 0.474. The van der Waals surface area contributed by atoms with Crippen molar-refractivity contribution in [2.24, 2.45) is 0 Å². The van der Waals surface area contributed by atoms with E-state index >= 15 is 0 Å². The molecule has 6 nitrogen and oxygen atoms in total. The molecule has 7 heteroatoms. The number of amides is 2. The number of hydrogen-bond acceptors (Lipinski definition) is 5. The number of nitrogens with one attached hydrogen (secondary N) is 1. The Hall–Kier alpha value is -2.28. The van der Waals surface area contributed by atoms with Gasteiger partial charge in [-0.2, -0.15) is 0 Å². The molecule has 0 radical (unpaired) electrons. The Labute approximate surface area is 157 Å². The van der Waals surface area contributed by atoms with Crippen LogP contribution < -0.4 is 10.2 Å². The van der Waals surface area contributed by atoms with Crippen LogP contribution in [0.1, 0.15) is 55.1 Å². The molecule has 26 heavy (non-hydrogen) atoms. The summed E-state index contributed by atoms with van der Waals surface area (Å²) in [5, 5.41) is 8.55. The number of carbonyl (C=O) groups is 2. The number of aromatic nitrogens is 2. The Kier molecular flexibility index (Phi) is 6.33. The molecule has 1 aliphatic carbocycles. The van der Waals surface area contributed by atoms with E-state index in [-0.39, 0.29) is 30.1 Å². The van der Waals surface area contributed by atoms with Crippen molar-refractivity contribution in [2.75, 3.05) is 11.4 Å². The highest BCUT2D eigenvalue weighted by atomic mass is 32.1. The van der Waals surface area contributed by atoms with Gasteiger partial charge < -0.3 is 5.32 Å². The summed E-state index contributed by atoms with van der Waals surface area (Å²) in [5.41, 5.74) is 2.14. The van der Waals surface area contributed by atoms with Gasteiger partial charge in [0.2, 0.25) is 5.91 Å². The second-order valence-electron chi connectivity index (χ2n) is 6.60. The van der Waals surface area contributed by atoms with Crippen LogP contribution in [0, 0.1) is 0 Å². The van der Waals surface area contributed by atoms with Crippen molar-refractivity contribution in [2.45, 2.75) is 51.5 Å². The third kappa shape index (κ3) is 4.66. The molecule has 1 aromatic heterocycles. The lowest BCUT2D eigenvalue weighted by Gasteiger charge is -2.26. The maximum atomic E-state index is 12.8. The summed E-state index contributed by atoms with van der Waals surface area (Å²) in [6.45, 7) is 2.06. The average Bonchev–Trinajstić information content (AvgIpc) is 3.21. The molecule has 1 saturated carbocycles. The number of nitrogens with zero attached hydrogens (tertiary/aromatic N) is 3. The maximum Gasteiger partial charge on any atom is 0.280 e. The third-order valence-corrected chi connectivity index (χ3v) is 5.26. The van der Waals surface area contributed by atoms with Crippen molar-refractivity contribution in [3.63, 3.8) is 0 Å². The molecule has 0 saturated heterocycles. The largest absolute Gasteiger partial charge is 0.352 e. The molecular formula is C19H24N4O2S. The third-order valence-electron chi connectivity index (χ3n) is 4.75. The van der Waals surface area contributed by atoms with Gasteiger partial charge in [0.05, 0.1) is 0 Å². The van der Waals surface area contributed by atoms with Crippen LogP contribution in [-0.4, -0.2) is 34.0 Å². The molecule has 0 aliphatic heterocycles. The van der Waals surface area contributed by atoms with E-state index < -0.39 is 0 Å². The van der Waals surface area contributed by atoms with Gasteiger partial charge in [-0.25, -0.2) is 0 Å². The molecule has 1 aliphatic rings. The first-order valence-corrected chi connectivity index (χ1v) is 9.98. The van der Waals surface area contributed by atoms with Crippen molar-refractivity contribution in [3.05, 3.63) is 40.9 Å². The molecule has 1 N–H and O–H groups in total. The van der Waals surface area contributed by atoms with E-state index in [1.807, 2.05) is 24.3 Å². The summed E-state index contributed by atoms with van der Waals surface area (Å²) < 4.78 is 3.76. The number of carbonyl (C=O) groups excluding carboxylic acids is 2. The van der Waals surface area contributed by atoms with Gasteiger partial charge in [0, 0.05) is 17.1 Å². The van der Waals surface area contributed by atoms with Gasteiger partial charge in [-0.1, -0.05) is 42.8 Å². The van der Waals surface area contributed by atoms with Gasteiger partial charge in [0.1, 0.15) is 6.54 Å². The molecule has 138 valence electrons. The van der Waals surface area contributed by atoms with Crippen LogP contribution in [0.4, 0.5) is 5.69 Å². The lowest BCUT2D eigenvalue weighted by atomic mass is 9.95. The van der Waals surface area contributed by atoms with Crippen LogP contribution in [-0.2, 0) is 11.2 Å². The molecule has 0 bridgehead atoms. The normalized spacial score (nSPS) is 14.8. The summed E-state index contributed by atoms with van der Waals surface area (Å²) in [4.78, 5) is 26.9. The number of anilines is 1. The topological polar surface area (TPSA) is 75.2 Å². The molecule has 1 heterocycles. The standard InChI is InChI=1S/C19H24N4O2S/c1-2-14-8-10-16(11-9-14)23(19(25)17-13-26-22-21-17)12-18(24)20-15-6-4-3-5-7-15/h8-11,13,15H,2-7,12H2,1H3,(H,20,24). The highest BCUT2D eigenvalue weighted by molar-refractivity contribution is 7.03. The highest BCUT2D eigenvalue weighted by Gasteiger charge is 2.24. The molecule has 0 unspecified atom stereocenters. The van der Waals surface area contributed by atoms with Crippen LogP contribution in [0.25, 0.3) is 0 Å². The Bertz CT molecular complexity index is 725. The molecule has 3 rings (SSSR count). The molecular weight excluding hydrogens is 348 g/mol. The monoisotopic (exact) mass is 372 g/mol. The predicted molar refractivity (Wildman–Crippen MR) is 102 cm³/mol. The van der Waals surface area contributed by atoms with Gasteiger partial charge >= 0.3 is 0 Å². The fourth-order valence-electron chi connectivity index (χ4n) is 3.25. The number of aryl methyl sites for hydroxylation is 1. The van der Waals surface area contributed by atoms with Crippen LogP contribution in [0.5, 0.6) is 0 Å². The van der Waals surface area contributed by atoms with Crippen LogP contribution in [0.2, 0.25) is 0 Å². The first-order valence-electron chi connectivity index (χ1n) is 9.14. The van der Waals surface area contributed by atoms with Gasteiger partial charge in [-0.05, 0) is 48.5 Å². The lowest BCUT2D eigenvalue weighted by Crippen LogP contribution is -2.45. The van der Waals surface area contributed by atoms with Gasteiger partial charge in [-0.3, -0.25) is 14.5 Å². The van der Waals surface area contributed by atoms with Crippen molar-refractivity contribution < 1.29 is 9.59 Å². The van der Waals surface area contributed by atoms with E-state index in [2.05, 4.69) is 21.8 Å². The minimum Gasteiger partial charge on any atom is -0.352 e. The van der Waals surface area contributed by atoms with Crippen molar-refractivity contribution >= 4 is 29.0 Å². The molecule has 0 atom stereocenters. The first kappa shape index (κ1) is 18.5. The first-order chi connectivity index (χ1) is 12.7. The lowest BCUT2D eigenvalue weighted by molar-refractivity contribution is -0.120. The summed E-state index contributed by atoms with van der Waals surface area (Å²) in [5.74, 6) is -0.435. The fourth-order valence-corrected chi connectivity index (χ4v) is 3.68. The van der Waals surface area contributed by atoms with E-state index in [0.717, 1.165) is 43.6 Å². The van der Waals surface area contributed by atoms with Gasteiger partial charge in [-0.15, -0.1) is 5.10 Å². The Morgan fingerprint density at radius 1 is 1.19 bits per heavy atom. The van der Waals surface area contributed by atoms with Gasteiger partial charge in [0.25, 0.3) is 5.91 Å². The molecule has 1 aromatic carbocycles. The SMILES string of the molecule is CCc1ccc(N(CC(=O)NC2CCCCC2)C(=O)c2csnn2)cc1. The summed E-state index contributed by atoms with van der Waals surface area (Å²) in [6.07, 6.45) is 6.49. The smallest absolute Gasteiger partial charge is 0.280 e. The van der Waals surface area contributed by atoms with Crippen molar-refractivity contribution in [3.8, 4) is 0 Å². The van der Waals surface area contributed by atoms with E-state index in [9.17, 15) is 9.59 Å². The minimum absolute atomic E-state index is 0.0155. The quantitative estimate of drug-likeness (QED) is 0.845. The van der Waals surface area contributed by atoms with E-state index in [1.54, 1.807) is 5.38 Å². The summed E-state index contributed by atoms with van der Waals surface area (Å²) >= 11 is 1.12. The summed E-state index contributed by atoms with van der Waals surface area (Å²) in [6, 6.07) is 7.94. The molecule has 1 fully saturated rings. The van der Waals surface area contributed by atoms with Crippen molar-refractivity contribution in [1.82, 2.24) is 14.9 Å². The predicted octanol–water partition coefficient (Wildman–Crippen LogP) is 3.20. The molecule has 2 aromatic rings. The van der Waals surface area contributed by atoms with E-state index in [0.29, 0.717) is 5.69 Å².